The molecule has 100 valence electrons. The molecule has 1 heterocycles. The highest BCUT2D eigenvalue weighted by Gasteiger charge is 2.26. The summed E-state index contributed by atoms with van der Waals surface area (Å²) in [6.45, 7) is 8.88. The largest absolute Gasteiger partial charge is 0.366 e. The first-order chi connectivity index (χ1) is 8.65. The SMILES string of the molecule is CCC1CN(c2ccc(C)c(Br)c2)C(CC)CN1. The molecule has 0 aliphatic carbocycles. The number of nitrogens with zero attached hydrogens (tertiary/aromatic N) is 1. The highest BCUT2D eigenvalue weighted by molar-refractivity contribution is 9.10. The van der Waals surface area contributed by atoms with Gasteiger partial charge in [-0.1, -0.05) is 35.8 Å². The number of hydrogen-bond acceptors (Lipinski definition) is 2. The number of halogens is 1. The second kappa shape index (κ2) is 6.07. The van der Waals surface area contributed by atoms with Crippen molar-refractivity contribution in [3.05, 3.63) is 28.2 Å². The summed E-state index contributed by atoms with van der Waals surface area (Å²) in [6.07, 6.45) is 2.38. The van der Waals surface area contributed by atoms with Crippen LogP contribution in [0.1, 0.15) is 32.3 Å². The predicted molar refractivity (Wildman–Crippen MR) is 82.4 cm³/mol. The van der Waals surface area contributed by atoms with Crippen LogP contribution in [0.4, 0.5) is 5.69 Å². The number of nitrogens with one attached hydrogen (secondary N) is 1. The molecule has 3 heteroatoms. The van der Waals surface area contributed by atoms with Crippen molar-refractivity contribution >= 4 is 21.6 Å². The Bertz CT molecular complexity index is 405. The average Bonchev–Trinajstić information content (AvgIpc) is 2.41. The fourth-order valence-corrected chi connectivity index (χ4v) is 2.95. The molecular weight excluding hydrogens is 288 g/mol. The second-order valence-electron chi connectivity index (χ2n) is 5.16. The molecule has 0 amide bonds. The molecule has 1 aromatic rings. The van der Waals surface area contributed by atoms with Crippen LogP contribution < -0.4 is 10.2 Å². The molecule has 2 rings (SSSR count). The van der Waals surface area contributed by atoms with Crippen molar-refractivity contribution in [1.82, 2.24) is 5.32 Å². The molecular formula is C15H23BrN2. The van der Waals surface area contributed by atoms with Crippen LogP contribution in [0, 0.1) is 6.92 Å². The summed E-state index contributed by atoms with van der Waals surface area (Å²) in [5.74, 6) is 0. The topological polar surface area (TPSA) is 15.3 Å². The summed E-state index contributed by atoms with van der Waals surface area (Å²) in [7, 11) is 0. The van der Waals surface area contributed by atoms with E-state index in [9.17, 15) is 0 Å². The standard InChI is InChI=1S/C15H23BrN2/c1-4-12-10-18(13(5-2)9-17-12)14-7-6-11(3)15(16)8-14/h6-8,12-13,17H,4-5,9-10H2,1-3H3. The molecule has 18 heavy (non-hydrogen) atoms. The van der Waals surface area contributed by atoms with Gasteiger partial charge in [0.05, 0.1) is 0 Å². The lowest BCUT2D eigenvalue weighted by molar-refractivity contribution is 0.379. The van der Waals surface area contributed by atoms with Gasteiger partial charge >= 0.3 is 0 Å². The molecule has 0 bridgehead atoms. The maximum absolute atomic E-state index is 3.64. The molecule has 2 atom stereocenters. The predicted octanol–water partition coefficient (Wildman–Crippen LogP) is 3.72. The lowest BCUT2D eigenvalue weighted by atomic mass is 10.0. The Hall–Kier alpha value is -0.540. The minimum Gasteiger partial charge on any atom is -0.366 e. The van der Waals surface area contributed by atoms with Gasteiger partial charge in [-0.2, -0.15) is 0 Å². The zero-order valence-corrected chi connectivity index (χ0v) is 13.1. The number of hydrogen-bond donors (Lipinski definition) is 1. The van der Waals surface area contributed by atoms with Gasteiger partial charge in [-0.05, 0) is 37.5 Å². The van der Waals surface area contributed by atoms with Gasteiger partial charge in [-0.15, -0.1) is 0 Å². The van der Waals surface area contributed by atoms with Gasteiger partial charge < -0.3 is 10.2 Å². The Morgan fingerprint density at radius 2 is 2.11 bits per heavy atom. The van der Waals surface area contributed by atoms with E-state index in [1.165, 1.54) is 28.6 Å². The summed E-state index contributed by atoms with van der Waals surface area (Å²) in [5.41, 5.74) is 2.65. The maximum Gasteiger partial charge on any atom is 0.0412 e. The number of rotatable bonds is 3. The van der Waals surface area contributed by atoms with Crippen molar-refractivity contribution < 1.29 is 0 Å². The molecule has 2 nitrogen and oxygen atoms in total. The number of piperazine rings is 1. The smallest absolute Gasteiger partial charge is 0.0412 e. The van der Waals surface area contributed by atoms with Crippen molar-refractivity contribution in [1.29, 1.82) is 0 Å². The van der Waals surface area contributed by atoms with Crippen molar-refractivity contribution in [2.24, 2.45) is 0 Å². The Labute approximate surface area is 119 Å². The first-order valence-corrected chi connectivity index (χ1v) is 7.71. The molecule has 0 saturated carbocycles. The lowest BCUT2D eigenvalue weighted by Gasteiger charge is -2.41. The van der Waals surface area contributed by atoms with Gasteiger partial charge in [-0.25, -0.2) is 0 Å². The molecule has 2 unspecified atom stereocenters. The first-order valence-electron chi connectivity index (χ1n) is 6.91. The molecule has 0 spiro atoms. The van der Waals surface area contributed by atoms with E-state index in [0.29, 0.717) is 12.1 Å². The number of anilines is 1. The molecule has 1 aliphatic rings. The zero-order valence-electron chi connectivity index (χ0n) is 11.5. The van der Waals surface area contributed by atoms with Crippen LogP contribution in [0.2, 0.25) is 0 Å². The molecule has 0 radical (unpaired) electrons. The molecule has 1 fully saturated rings. The van der Waals surface area contributed by atoms with E-state index in [0.717, 1.165) is 13.1 Å². The fourth-order valence-electron chi connectivity index (χ4n) is 2.58. The summed E-state index contributed by atoms with van der Waals surface area (Å²) in [5, 5.41) is 3.64. The summed E-state index contributed by atoms with van der Waals surface area (Å²) in [4.78, 5) is 2.56. The van der Waals surface area contributed by atoms with Crippen molar-refractivity contribution in [2.75, 3.05) is 18.0 Å². The second-order valence-corrected chi connectivity index (χ2v) is 6.02. The van der Waals surface area contributed by atoms with Gasteiger partial charge in [0.15, 0.2) is 0 Å². The van der Waals surface area contributed by atoms with E-state index in [1.54, 1.807) is 0 Å². The van der Waals surface area contributed by atoms with Crippen molar-refractivity contribution in [2.45, 2.75) is 45.7 Å². The van der Waals surface area contributed by atoms with Crippen LogP contribution in [0.3, 0.4) is 0 Å². The van der Waals surface area contributed by atoms with Crippen LogP contribution in [0.25, 0.3) is 0 Å². The quantitative estimate of drug-likeness (QED) is 0.915. The molecule has 1 N–H and O–H groups in total. The summed E-state index contributed by atoms with van der Waals surface area (Å²) < 4.78 is 1.21. The summed E-state index contributed by atoms with van der Waals surface area (Å²) >= 11 is 3.64. The van der Waals surface area contributed by atoms with E-state index < -0.39 is 0 Å². The van der Waals surface area contributed by atoms with E-state index in [4.69, 9.17) is 0 Å². The average molecular weight is 311 g/mol. The highest BCUT2D eigenvalue weighted by atomic mass is 79.9. The molecule has 1 saturated heterocycles. The fraction of sp³-hybridized carbons (Fsp3) is 0.600. The molecule has 1 aromatic carbocycles. The van der Waals surface area contributed by atoms with Crippen molar-refractivity contribution in [3.8, 4) is 0 Å². The van der Waals surface area contributed by atoms with Crippen molar-refractivity contribution in [3.63, 3.8) is 0 Å². The molecule has 0 aromatic heterocycles. The minimum absolute atomic E-state index is 0.613. The van der Waals surface area contributed by atoms with Gasteiger partial charge in [0.1, 0.15) is 0 Å². The number of benzene rings is 1. The highest BCUT2D eigenvalue weighted by Crippen LogP contribution is 2.27. The third-order valence-electron chi connectivity index (χ3n) is 3.95. The monoisotopic (exact) mass is 310 g/mol. The third-order valence-corrected chi connectivity index (χ3v) is 4.81. The summed E-state index contributed by atoms with van der Waals surface area (Å²) in [6, 6.07) is 7.95. The van der Waals surface area contributed by atoms with Crippen LogP contribution >= 0.6 is 15.9 Å². The van der Waals surface area contributed by atoms with E-state index in [-0.39, 0.29) is 0 Å². The van der Waals surface area contributed by atoms with E-state index in [1.807, 2.05) is 0 Å². The Morgan fingerprint density at radius 3 is 2.72 bits per heavy atom. The lowest BCUT2D eigenvalue weighted by Crippen LogP contribution is -2.56. The van der Waals surface area contributed by atoms with E-state index in [2.05, 4.69) is 65.1 Å². The first kappa shape index (κ1) is 13.9. The van der Waals surface area contributed by atoms with Gasteiger partial charge in [0, 0.05) is 35.3 Å². The maximum atomic E-state index is 3.64. The normalized spacial score (nSPS) is 24.3. The van der Waals surface area contributed by atoms with Crippen LogP contribution in [-0.2, 0) is 0 Å². The Balaban J connectivity index is 2.23. The third kappa shape index (κ3) is 2.89. The molecule has 1 aliphatic heterocycles. The Kier molecular flexibility index (Phi) is 4.68. The van der Waals surface area contributed by atoms with Crippen LogP contribution in [0.5, 0.6) is 0 Å². The number of aryl methyl sites for hydroxylation is 1. The van der Waals surface area contributed by atoms with Crippen LogP contribution in [-0.4, -0.2) is 25.2 Å². The minimum atomic E-state index is 0.613. The Morgan fingerprint density at radius 1 is 1.33 bits per heavy atom. The zero-order chi connectivity index (χ0) is 13.1. The van der Waals surface area contributed by atoms with E-state index >= 15 is 0 Å². The van der Waals surface area contributed by atoms with Gasteiger partial charge in [-0.3, -0.25) is 0 Å². The van der Waals surface area contributed by atoms with Crippen LogP contribution in [0.15, 0.2) is 22.7 Å². The van der Waals surface area contributed by atoms with Gasteiger partial charge in [0.25, 0.3) is 0 Å². The van der Waals surface area contributed by atoms with Gasteiger partial charge in [0.2, 0.25) is 0 Å².